The highest BCUT2D eigenvalue weighted by Gasteiger charge is 2.59. The number of nitrogens with zero attached hydrogens (tertiary/aromatic N) is 1. The third kappa shape index (κ3) is 3.53. The minimum absolute atomic E-state index is 0.165. The van der Waals surface area contributed by atoms with Gasteiger partial charge in [0, 0.05) is 42.4 Å². The van der Waals surface area contributed by atoms with Crippen LogP contribution in [0.25, 0.3) is 0 Å². The minimum Gasteiger partial charge on any atom is -0.461 e. The van der Waals surface area contributed by atoms with E-state index in [0.29, 0.717) is 43.4 Å². The maximum absolute atomic E-state index is 12.9. The van der Waals surface area contributed by atoms with E-state index in [1.165, 1.54) is 5.57 Å². The predicted octanol–water partition coefficient (Wildman–Crippen LogP) is 3.91. The molecule has 6 atom stereocenters. The van der Waals surface area contributed by atoms with Crippen molar-refractivity contribution < 1.29 is 19.7 Å². The van der Waals surface area contributed by atoms with E-state index in [9.17, 15) is 15.0 Å². The maximum Gasteiger partial charge on any atom is 0.311 e. The molecule has 2 aliphatic carbocycles. The smallest absolute Gasteiger partial charge is 0.311 e. The van der Waals surface area contributed by atoms with Crippen LogP contribution in [-0.2, 0) is 15.1 Å². The first-order valence-corrected chi connectivity index (χ1v) is 12.4. The van der Waals surface area contributed by atoms with Crippen LogP contribution in [0.1, 0.15) is 51.5 Å². The van der Waals surface area contributed by atoms with Crippen LogP contribution in [0.4, 0.5) is 0 Å². The third-order valence-electron chi connectivity index (χ3n) is 9.09. The van der Waals surface area contributed by atoms with Gasteiger partial charge in [0.2, 0.25) is 0 Å². The third-order valence-corrected chi connectivity index (χ3v) is 9.34. The molecular formula is C26H34ClNO4. The summed E-state index contributed by atoms with van der Waals surface area (Å²) >= 11 is 6.00. The van der Waals surface area contributed by atoms with Gasteiger partial charge in [-0.15, -0.1) is 0 Å². The number of likely N-dealkylation sites (tertiary alicyclic amines) is 1. The Morgan fingerprint density at radius 2 is 1.91 bits per heavy atom. The Bertz CT molecular complexity index is 907. The van der Waals surface area contributed by atoms with Gasteiger partial charge >= 0.3 is 5.97 Å². The van der Waals surface area contributed by atoms with Crippen molar-refractivity contribution in [3.8, 4) is 0 Å². The molecule has 3 unspecified atom stereocenters. The average Bonchev–Trinajstić information content (AvgIpc) is 3.07. The lowest BCUT2D eigenvalue weighted by atomic mass is 9.55. The van der Waals surface area contributed by atoms with Crippen LogP contribution in [-0.4, -0.2) is 52.9 Å². The normalized spacial score (nSPS) is 39.1. The van der Waals surface area contributed by atoms with Gasteiger partial charge in [-0.2, -0.15) is 0 Å². The second kappa shape index (κ2) is 8.12. The molecule has 5 rings (SSSR count). The molecule has 5 nitrogen and oxygen atoms in total. The molecule has 2 aliphatic heterocycles. The van der Waals surface area contributed by atoms with Crippen LogP contribution in [0.15, 0.2) is 35.9 Å². The Kier molecular flexibility index (Phi) is 5.68. The van der Waals surface area contributed by atoms with Crippen LogP contribution in [0.2, 0.25) is 5.02 Å². The second-order valence-corrected chi connectivity index (χ2v) is 11.1. The second-order valence-electron chi connectivity index (χ2n) is 10.6. The van der Waals surface area contributed by atoms with Gasteiger partial charge in [0.1, 0.15) is 6.10 Å². The van der Waals surface area contributed by atoms with Gasteiger partial charge in [-0.1, -0.05) is 49.2 Å². The van der Waals surface area contributed by atoms with Crippen LogP contribution < -0.4 is 0 Å². The van der Waals surface area contributed by atoms with Crippen molar-refractivity contribution in [1.29, 1.82) is 0 Å². The lowest BCUT2D eigenvalue weighted by Gasteiger charge is -2.52. The molecule has 0 radical (unpaired) electrons. The van der Waals surface area contributed by atoms with Gasteiger partial charge in [0.05, 0.1) is 17.6 Å². The Labute approximate surface area is 195 Å². The number of piperidine rings is 1. The molecule has 174 valence electrons. The summed E-state index contributed by atoms with van der Waals surface area (Å²) in [6.45, 7) is 6.39. The molecule has 2 N–H and O–H groups in total. The van der Waals surface area contributed by atoms with Gasteiger partial charge < -0.3 is 19.8 Å². The molecule has 32 heavy (non-hydrogen) atoms. The summed E-state index contributed by atoms with van der Waals surface area (Å²) in [7, 11) is 0. The summed E-state index contributed by atoms with van der Waals surface area (Å²) in [6.07, 6.45) is 5.55. The molecule has 0 amide bonds. The Morgan fingerprint density at radius 3 is 2.59 bits per heavy atom. The number of esters is 1. The average molecular weight is 460 g/mol. The zero-order valence-electron chi connectivity index (χ0n) is 19.0. The van der Waals surface area contributed by atoms with E-state index in [2.05, 4.69) is 24.8 Å². The number of aliphatic hydroxyl groups excluding tert-OH is 1. The van der Waals surface area contributed by atoms with E-state index < -0.39 is 11.7 Å². The quantitative estimate of drug-likeness (QED) is 0.529. The molecule has 1 saturated carbocycles. The minimum atomic E-state index is -0.866. The number of benzene rings is 1. The number of aliphatic hydroxyl groups is 2. The molecule has 0 spiro atoms. The van der Waals surface area contributed by atoms with Gasteiger partial charge in [0.25, 0.3) is 0 Å². The maximum atomic E-state index is 12.9. The monoisotopic (exact) mass is 459 g/mol. The summed E-state index contributed by atoms with van der Waals surface area (Å²) < 4.78 is 5.81. The lowest BCUT2D eigenvalue weighted by Crippen LogP contribution is -2.55. The molecule has 2 heterocycles. The lowest BCUT2D eigenvalue weighted by molar-refractivity contribution is -0.145. The Hall–Kier alpha value is -1.40. The van der Waals surface area contributed by atoms with Crippen LogP contribution >= 0.6 is 11.6 Å². The molecule has 1 aromatic carbocycles. The fraction of sp³-hybridized carbons (Fsp3) is 0.654. The van der Waals surface area contributed by atoms with E-state index in [-0.39, 0.29) is 29.3 Å². The number of allylic oxidation sites excluding steroid dienone is 1. The van der Waals surface area contributed by atoms with Crippen molar-refractivity contribution in [2.75, 3.05) is 19.6 Å². The van der Waals surface area contributed by atoms with Crippen molar-refractivity contribution in [3.63, 3.8) is 0 Å². The van der Waals surface area contributed by atoms with Crippen LogP contribution in [0.3, 0.4) is 0 Å². The summed E-state index contributed by atoms with van der Waals surface area (Å²) in [6, 6.07) is 7.42. The Balaban J connectivity index is 1.29. The van der Waals surface area contributed by atoms with E-state index in [1.54, 1.807) is 0 Å². The van der Waals surface area contributed by atoms with Crippen LogP contribution in [0, 0.1) is 23.2 Å². The number of carbonyl (C=O) groups is 1. The van der Waals surface area contributed by atoms with Crippen molar-refractivity contribution in [3.05, 3.63) is 46.5 Å². The zero-order chi connectivity index (χ0) is 22.7. The van der Waals surface area contributed by atoms with Gasteiger partial charge in [0.15, 0.2) is 0 Å². The summed E-state index contributed by atoms with van der Waals surface area (Å²) in [4.78, 5) is 15.1. The first-order chi connectivity index (χ1) is 15.2. The van der Waals surface area contributed by atoms with Crippen molar-refractivity contribution in [2.24, 2.45) is 23.2 Å². The van der Waals surface area contributed by atoms with Gasteiger partial charge in [-0.05, 0) is 49.3 Å². The molecule has 0 bridgehead atoms. The van der Waals surface area contributed by atoms with Gasteiger partial charge in [-0.25, -0.2) is 0 Å². The number of hydrogen-bond donors (Lipinski definition) is 2. The fourth-order valence-electron chi connectivity index (χ4n) is 6.71. The molecular weight excluding hydrogens is 426 g/mol. The molecule has 3 fully saturated rings. The van der Waals surface area contributed by atoms with Crippen molar-refractivity contribution >= 4 is 17.6 Å². The standard InChI is InChI=1S/C26H34ClNO4/c1-16-4-3-5-18-14-21-22(23(29)25(16,18)2)20(24(30)32-21)15-28-12-10-26(31,11-13-28)17-6-8-19(27)9-7-17/h5-9,16,20-23,29,31H,3-4,10-15H2,1-2H3/t16?,20?,21-,22-,23?,25-/m1/s1. The number of ether oxygens (including phenoxy) is 1. The number of fused-ring (bicyclic) bond motifs is 2. The highest BCUT2D eigenvalue weighted by atomic mass is 35.5. The first kappa shape index (κ1) is 22.4. The molecule has 2 saturated heterocycles. The Morgan fingerprint density at radius 1 is 1.22 bits per heavy atom. The SMILES string of the molecule is CC1CCC=C2C[C@H]3OC(=O)C(CN4CCC(O)(c5ccc(Cl)cc5)CC4)[C@H]3C(O)[C@@]21C. The largest absolute Gasteiger partial charge is 0.461 e. The van der Waals surface area contributed by atoms with E-state index in [1.807, 2.05) is 24.3 Å². The van der Waals surface area contributed by atoms with E-state index in [0.717, 1.165) is 24.8 Å². The van der Waals surface area contributed by atoms with E-state index in [4.69, 9.17) is 16.3 Å². The number of halogens is 1. The summed E-state index contributed by atoms with van der Waals surface area (Å²) in [5.74, 6) is -0.265. The van der Waals surface area contributed by atoms with Crippen molar-refractivity contribution in [1.82, 2.24) is 4.90 Å². The number of rotatable bonds is 3. The summed E-state index contributed by atoms with van der Waals surface area (Å²) in [5, 5.41) is 23.4. The molecule has 0 aromatic heterocycles. The highest BCUT2D eigenvalue weighted by Crippen LogP contribution is 2.56. The molecule has 6 heteroatoms. The fourth-order valence-corrected chi connectivity index (χ4v) is 6.83. The van der Waals surface area contributed by atoms with Gasteiger partial charge in [-0.3, -0.25) is 4.79 Å². The first-order valence-electron chi connectivity index (χ1n) is 12.0. The predicted molar refractivity (Wildman–Crippen MR) is 123 cm³/mol. The molecule has 4 aliphatic rings. The number of hydrogen-bond acceptors (Lipinski definition) is 5. The number of carbonyl (C=O) groups excluding carboxylic acids is 1. The topological polar surface area (TPSA) is 70.0 Å². The van der Waals surface area contributed by atoms with Crippen LogP contribution in [0.5, 0.6) is 0 Å². The molecule has 1 aromatic rings. The zero-order valence-corrected chi connectivity index (χ0v) is 19.7. The summed E-state index contributed by atoms with van der Waals surface area (Å²) in [5.41, 5.74) is 1.02. The highest BCUT2D eigenvalue weighted by molar-refractivity contribution is 6.30. The van der Waals surface area contributed by atoms with Crippen molar-refractivity contribution in [2.45, 2.75) is 63.8 Å². The van der Waals surface area contributed by atoms with E-state index >= 15 is 0 Å².